The molecule has 1 aliphatic carbocycles. The standard InChI is InChI=1S/C20H24O6/c21-11-15(22)17-18-16(24-20(25-17)14-9-5-2-6-10-14)12-23-19(26-18)13-7-3-1-4-8-13/h1-5,7-9,15-22H,6,10-12H2. The highest BCUT2D eigenvalue weighted by Crippen LogP contribution is 2.36. The van der Waals surface area contributed by atoms with Gasteiger partial charge in [0.15, 0.2) is 12.6 Å². The largest absolute Gasteiger partial charge is 0.394 e. The Morgan fingerprint density at radius 1 is 1.08 bits per heavy atom. The number of hydrogen-bond acceptors (Lipinski definition) is 6. The van der Waals surface area contributed by atoms with Gasteiger partial charge in [0.2, 0.25) is 0 Å². The van der Waals surface area contributed by atoms with E-state index in [1.54, 1.807) is 0 Å². The van der Waals surface area contributed by atoms with E-state index >= 15 is 0 Å². The van der Waals surface area contributed by atoms with Gasteiger partial charge < -0.3 is 29.2 Å². The molecule has 4 rings (SSSR count). The van der Waals surface area contributed by atoms with Crippen LogP contribution in [0.3, 0.4) is 0 Å². The highest BCUT2D eigenvalue weighted by Gasteiger charge is 2.48. The molecular formula is C20H24O6. The van der Waals surface area contributed by atoms with E-state index in [9.17, 15) is 10.2 Å². The van der Waals surface area contributed by atoms with Gasteiger partial charge in [0.25, 0.3) is 0 Å². The number of aliphatic hydroxyl groups is 2. The second-order valence-electron chi connectivity index (χ2n) is 6.74. The molecule has 2 heterocycles. The van der Waals surface area contributed by atoms with Crippen LogP contribution in [0.2, 0.25) is 0 Å². The van der Waals surface area contributed by atoms with Gasteiger partial charge in [-0.05, 0) is 18.4 Å². The molecule has 6 unspecified atom stereocenters. The van der Waals surface area contributed by atoms with Gasteiger partial charge in [0, 0.05) is 5.56 Å². The van der Waals surface area contributed by atoms with Crippen molar-refractivity contribution in [1.29, 1.82) is 0 Å². The molecule has 6 nitrogen and oxygen atoms in total. The van der Waals surface area contributed by atoms with Crippen molar-refractivity contribution < 1.29 is 29.2 Å². The van der Waals surface area contributed by atoms with Gasteiger partial charge in [0.05, 0.1) is 13.2 Å². The first kappa shape index (κ1) is 17.9. The van der Waals surface area contributed by atoms with E-state index in [0.29, 0.717) is 6.61 Å². The van der Waals surface area contributed by atoms with Crippen LogP contribution in [0.5, 0.6) is 0 Å². The fraction of sp³-hybridized carbons (Fsp3) is 0.500. The summed E-state index contributed by atoms with van der Waals surface area (Å²) in [5, 5.41) is 19.8. The maximum absolute atomic E-state index is 10.3. The van der Waals surface area contributed by atoms with Crippen LogP contribution in [-0.2, 0) is 18.9 Å². The Balaban J connectivity index is 1.54. The molecule has 26 heavy (non-hydrogen) atoms. The molecule has 0 saturated carbocycles. The molecule has 2 N–H and O–H groups in total. The Morgan fingerprint density at radius 3 is 2.65 bits per heavy atom. The summed E-state index contributed by atoms with van der Waals surface area (Å²) in [5.74, 6) is 0. The molecule has 140 valence electrons. The number of ether oxygens (including phenoxy) is 4. The second kappa shape index (κ2) is 8.00. The molecular weight excluding hydrogens is 336 g/mol. The van der Waals surface area contributed by atoms with Crippen LogP contribution in [0.25, 0.3) is 0 Å². The van der Waals surface area contributed by atoms with E-state index < -0.39 is 37.5 Å². The minimum atomic E-state index is -1.05. The van der Waals surface area contributed by atoms with Gasteiger partial charge in [0.1, 0.15) is 24.4 Å². The van der Waals surface area contributed by atoms with Crippen LogP contribution in [0.4, 0.5) is 0 Å². The smallest absolute Gasteiger partial charge is 0.184 e. The zero-order valence-electron chi connectivity index (χ0n) is 14.4. The molecule has 0 spiro atoms. The Labute approximate surface area is 152 Å². The third kappa shape index (κ3) is 3.62. The van der Waals surface area contributed by atoms with E-state index in [1.807, 2.05) is 42.5 Å². The average Bonchev–Trinajstić information content (AvgIpc) is 2.73. The Bertz CT molecular complexity index is 658. The summed E-state index contributed by atoms with van der Waals surface area (Å²) in [6.45, 7) is -0.0678. The summed E-state index contributed by atoms with van der Waals surface area (Å²) in [7, 11) is 0. The van der Waals surface area contributed by atoms with Gasteiger partial charge in [-0.3, -0.25) is 0 Å². The lowest BCUT2D eigenvalue weighted by molar-refractivity contribution is -0.363. The Morgan fingerprint density at radius 2 is 1.92 bits per heavy atom. The molecule has 0 bridgehead atoms. The highest BCUT2D eigenvalue weighted by molar-refractivity contribution is 5.21. The quantitative estimate of drug-likeness (QED) is 0.853. The average molecular weight is 360 g/mol. The van der Waals surface area contributed by atoms with Crippen molar-refractivity contribution in [2.75, 3.05) is 13.2 Å². The van der Waals surface area contributed by atoms with Crippen LogP contribution in [-0.4, -0.2) is 54.1 Å². The van der Waals surface area contributed by atoms with E-state index in [-0.39, 0.29) is 6.10 Å². The van der Waals surface area contributed by atoms with Crippen molar-refractivity contribution in [3.05, 3.63) is 59.7 Å². The summed E-state index contributed by atoms with van der Waals surface area (Å²) in [6.07, 6.45) is 4.08. The molecule has 6 heteroatoms. The molecule has 0 aromatic heterocycles. The van der Waals surface area contributed by atoms with Crippen LogP contribution in [0, 0.1) is 0 Å². The first-order chi connectivity index (χ1) is 12.8. The topological polar surface area (TPSA) is 77.4 Å². The Hall–Kier alpha value is -1.54. The van der Waals surface area contributed by atoms with Crippen molar-refractivity contribution in [3.8, 4) is 0 Å². The first-order valence-corrected chi connectivity index (χ1v) is 9.03. The summed E-state index contributed by atoms with van der Waals surface area (Å²) < 4.78 is 24.0. The predicted octanol–water partition coefficient (Wildman–Crippen LogP) is 1.84. The predicted molar refractivity (Wildman–Crippen MR) is 93.1 cm³/mol. The number of hydrogen-bond donors (Lipinski definition) is 2. The second-order valence-corrected chi connectivity index (χ2v) is 6.74. The molecule has 0 radical (unpaired) electrons. The normalized spacial score (nSPS) is 35.5. The maximum atomic E-state index is 10.3. The number of aliphatic hydroxyl groups excluding tert-OH is 2. The summed E-state index contributed by atoms with van der Waals surface area (Å²) >= 11 is 0. The van der Waals surface area contributed by atoms with Crippen molar-refractivity contribution in [2.45, 2.75) is 49.8 Å². The zero-order chi connectivity index (χ0) is 17.9. The number of benzene rings is 1. The number of fused-ring (bicyclic) bond motifs is 1. The van der Waals surface area contributed by atoms with Crippen LogP contribution < -0.4 is 0 Å². The molecule has 1 aromatic rings. The van der Waals surface area contributed by atoms with Gasteiger partial charge in [-0.25, -0.2) is 0 Å². The van der Waals surface area contributed by atoms with Crippen molar-refractivity contribution in [3.63, 3.8) is 0 Å². The first-order valence-electron chi connectivity index (χ1n) is 9.03. The minimum absolute atomic E-state index is 0.335. The molecule has 2 aliphatic heterocycles. The third-order valence-electron chi connectivity index (χ3n) is 4.95. The van der Waals surface area contributed by atoms with Crippen molar-refractivity contribution in [2.24, 2.45) is 0 Å². The van der Waals surface area contributed by atoms with Gasteiger partial charge >= 0.3 is 0 Å². The van der Waals surface area contributed by atoms with Crippen LogP contribution in [0.15, 0.2) is 54.1 Å². The van der Waals surface area contributed by atoms with Gasteiger partial charge in [-0.1, -0.05) is 48.6 Å². The molecule has 6 atom stereocenters. The van der Waals surface area contributed by atoms with Crippen molar-refractivity contribution in [1.82, 2.24) is 0 Å². The molecule has 0 amide bonds. The molecule has 2 fully saturated rings. The number of allylic oxidation sites excluding steroid dienone is 3. The third-order valence-corrected chi connectivity index (χ3v) is 4.95. The van der Waals surface area contributed by atoms with Crippen LogP contribution in [0.1, 0.15) is 24.7 Å². The molecule has 1 aromatic carbocycles. The lowest BCUT2D eigenvalue weighted by Crippen LogP contribution is -2.60. The fourth-order valence-corrected chi connectivity index (χ4v) is 3.55. The van der Waals surface area contributed by atoms with E-state index in [1.165, 1.54) is 0 Å². The fourth-order valence-electron chi connectivity index (χ4n) is 3.55. The van der Waals surface area contributed by atoms with Crippen LogP contribution >= 0.6 is 0 Å². The molecule has 2 saturated heterocycles. The van der Waals surface area contributed by atoms with E-state index in [2.05, 4.69) is 6.08 Å². The Kier molecular flexibility index (Phi) is 5.49. The summed E-state index contributed by atoms with van der Waals surface area (Å²) in [6, 6.07) is 9.61. The zero-order valence-corrected chi connectivity index (χ0v) is 14.4. The monoisotopic (exact) mass is 360 g/mol. The number of rotatable bonds is 4. The van der Waals surface area contributed by atoms with E-state index in [0.717, 1.165) is 24.0 Å². The highest BCUT2D eigenvalue weighted by atomic mass is 16.8. The SMILES string of the molecule is OCC(O)C1OC(C2=CC=CCC2)OC2COC(c3ccccc3)OC21. The summed E-state index contributed by atoms with van der Waals surface area (Å²) in [4.78, 5) is 0. The van der Waals surface area contributed by atoms with E-state index in [4.69, 9.17) is 18.9 Å². The van der Waals surface area contributed by atoms with Gasteiger partial charge in [-0.15, -0.1) is 0 Å². The minimum Gasteiger partial charge on any atom is -0.394 e. The van der Waals surface area contributed by atoms with Gasteiger partial charge in [-0.2, -0.15) is 0 Å². The maximum Gasteiger partial charge on any atom is 0.184 e. The lowest BCUT2D eigenvalue weighted by atomic mass is 9.98. The molecule has 3 aliphatic rings. The summed E-state index contributed by atoms with van der Waals surface area (Å²) in [5.41, 5.74) is 1.91. The van der Waals surface area contributed by atoms with Crippen molar-refractivity contribution >= 4 is 0 Å². The lowest BCUT2D eigenvalue weighted by Gasteiger charge is -2.47.